The van der Waals surface area contributed by atoms with Gasteiger partial charge in [-0.1, -0.05) is 0 Å². The third-order valence-corrected chi connectivity index (χ3v) is 2.99. The van der Waals surface area contributed by atoms with E-state index in [1.54, 1.807) is 0 Å². The predicted octanol–water partition coefficient (Wildman–Crippen LogP) is 1.31. The molecule has 0 atom stereocenters. The number of aryl methyl sites for hydroxylation is 2. The number of aromatic nitrogens is 1. The van der Waals surface area contributed by atoms with E-state index >= 15 is 0 Å². The molecule has 0 unspecified atom stereocenters. The summed E-state index contributed by atoms with van der Waals surface area (Å²) in [6, 6.07) is 2.04. The minimum atomic E-state index is 0.101. The van der Waals surface area contributed by atoms with Gasteiger partial charge in [-0.2, -0.15) is 0 Å². The van der Waals surface area contributed by atoms with E-state index in [0.717, 1.165) is 24.2 Å². The van der Waals surface area contributed by atoms with Crippen LogP contribution in [0.5, 0.6) is 0 Å². The van der Waals surface area contributed by atoms with Gasteiger partial charge in [-0.3, -0.25) is 5.41 Å². The zero-order valence-corrected chi connectivity index (χ0v) is 9.88. The summed E-state index contributed by atoms with van der Waals surface area (Å²) in [6.45, 7) is 0. The van der Waals surface area contributed by atoms with Crippen LogP contribution in [0.15, 0.2) is 6.07 Å². The zero-order valence-electron chi connectivity index (χ0n) is 9.88. The fraction of sp³-hybridized carbons (Fsp3) is 0.500. The van der Waals surface area contributed by atoms with Gasteiger partial charge in [-0.05, 0) is 37.3 Å². The summed E-state index contributed by atoms with van der Waals surface area (Å²) in [6.07, 6.45) is 4.55. The fourth-order valence-corrected chi connectivity index (χ4v) is 2.16. The number of nitrogens with one attached hydrogen (secondary N) is 1. The Balaban J connectivity index is 2.54. The molecule has 0 fully saturated rings. The summed E-state index contributed by atoms with van der Waals surface area (Å²) in [5, 5.41) is 7.60. The van der Waals surface area contributed by atoms with Gasteiger partial charge in [0.25, 0.3) is 0 Å². The van der Waals surface area contributed by atoms with Crippen LogP contribution >= 0.6 is 0 Å². The van der Waals surface area contributed by atoms with Crippen LogP contribution < -0.4 is 10.6 Å². The van der Waals surface area contributed by atoms with Crippen molar-refractivity contribution in [2.45, 2.75) is 25.7 Å². The highest BCUT2D eigenvalue weighted by molar-refractivity contribution is 5.99. The lowest BCUT2D eigenvalue weighted by Crippen LogP contribution is -2.22. The van der Waals surface area contributed by atoms with E-state index in [2.05, 4.69) is 4.98 Å². The summed E-state index contributed by atoms with van der Waals surface area (Å²) in [4.78, 5) is 6.56. The first-order valence-electron chi connectivity index (χ1n) is 5.64. The number of anilines is 1. The lowest BCUT2D eigenvalue weighted by molar-refractivity contribution is 0.667. The Labute approximate surface area is 96.0 Å². The number of rotatable bonds is 2. The number of fused-ring (bicyclic) bond motifs is 1. The van der Waals surface area contributed by atoms with Gasteiger partial charge in [-0.15, -0.1) is 0 Å². The molecule has 1 aromatic heterocycles. The van der Waals surface area contributed by atoms with Crippen molar-refractivity contribution < 1.29 is 0 Å². The third-order valence-electron chi connectivity index (χ3n) is 2.99. The van der Waals surface area contributed by atoms with Crippen molar-refractivity contribution in [3.8, 4) is 0 Å². The van der Waals surface area contributed by atoms with Crippen LogP contribution in [0.25, 0.3) is 0 Å². The molecular formula is C12H18N4. The number of nitrogens with zero attached hydrogens (tertiary/aromatic N) is 2. The molecule has 3 N–H and O–H groups in total. The van der Waals surface area contributed by atoms with Crippen molar-refractivity contribution in [2.24, 2.45) is 5.73 Å². The van der Waals surface area contributed by atoms with Crippen LogP contribution in [-0.2, 0) is 12.8 Å². The fourth-order valence-electron chi connectivity index (χ4n) is 2.16. The van der Waals surface area contributed by atoms with Crippen LogP contribution in [0.1, 0.15) is 29.7 Å². The van der Waals surface area contributed by atoms with Gasteiger partial charge >= 0.3 is 0 Å². The lowest BCUT2D eigenvalue weighted by atomic mass is 9.94. The number of amidine groups is 1. The van der Waals surface area contributed by atoms with E-state index in [4.69, 9.17) is 11.1 Å². The van der Waals surface area contributed by atoms with Crippen LogP contribution in [0.2, 0.25) is 0 Å². The summed E-state index contributed by atoms with van der Waals surface area (Å²) in [7, 11) is 3.87. The number of pyridine rings is 1. The van der Waals surface area contributed by atoms with E-state index in [1.165, 1.54) is 24.1 Å². The summed E-state index contributed by atoms with van der Waals surface area (Å²) in [5.74, 6) is 0.915. The molecule has 2 rings (SSSR count). The van der Waals surface area contributed by atoms with Crippen LogP contribution in [0, 0.1) is 5.41 Å². The van der Waals surface area contributed by atoms with E-state index in [0.29, 0.717) is 0 Å². The second-order valence-corrected chi connectivity index (χ2v) is 4.48. The molecule has 86 valence electrons. The second-order valence-electron chi connectivity index (χ2n) is 4.48. The van der Waals surface area contributed by atoms with Gasteiger partial charge in [0, 0.05) is 19.8 Å². The maximum absolute atomic E-state index is 7.60. The highest BCUT2D eigenvalue weighted by Gasteiger charge is 2.17. The van der Waals surface area contributed by atoms with Crippen molar-refractivity contribution in [1.29, 1.82) is 5.41 Å². The van der Waals surface area contributed by atoms with Crippen molar-refractivity contribution in [1.82, 2.24) is 4.98 Å². The van der Waals surface area contributed by atoms with Gasteiger partial charge < -0.3 is 10.6 Å². The van der Waals surface area contributed by atoms with Gasteiger partial charge in [0.2, 0.25) is 0 Å². The highest BCUT2D eigenvalue weighted by Crippen LogP contribution is 2.25. The highest BCUT2D eigenvalue weighted by atomic mass is 15.1. The monoisotopic (exact) mass is 218 g/mol. The molecule has 0 aromatic carbocycles. The Bertz CT molecular complexity index is 423. The zero-order chi connectivity index (χ0) is 11.7. The topological polar surface area (TPSA) is 66.0 Å². The minimum Gasteiger partial charge on any atom is -0.384 e. The Hall–Kier alpha value is -1.58. The molecule has 4 nitrogen and oxygen atoms in total. The maximum atomic E-state index is 7.60. The van der Waals surface area contributed by atoms with E-state index in [9.17, 15) is 0 Å². The number of nitrogen functional groups attached to an aromatic ring is 1. The molecule has 1 heterocycles. The second kappa shape index (κ2) is 4.12. The third kappa shape index (κ3) is 1.87. The van der Waals surface area contributed by atoms with E-state index in [1.807, 2.05) is 25.1 Å². The molecule has 0 aliphatic heterocycles. The smallest absolute Gasteiger partial charge is 0.139 e. The molecule has 0 bridgehead atoms. The van der Waals surface area contributed by atoms with E-state index in [-0.39, 0.29) is 5.84 Å². The normalized spacial score (nSPS) is 14.4. The van der Waals surface area contributed by atoms with E-state index < -0.39 is 0 Å². The molecule has 0 amide bonds. The molecule has 1 aromatic rings. The predicted molar refractivity (Wildman–Crippen MR) is 66.2 cm³/mol. The first kappa shape index (κ1) is 10.9. The van der Waals surface area contributed by atoms with Gasteiger partial charge in [0.1, 0.15) is 11.7 Å². The molecule has 0 spiro atoms. The van der Waals surface area contributed by atoms with Crippen LogP contribution in [-0.4, -0.2) is 24.9 Å². The van der Waals surface area contributed by atoms with Gasteiger partial charge in [-0.25, -0.2) is 4.98 Å². The van der Waals surface area contributed by atoms with Crippen LogP contribution in [0.4, 0.5) is 5.82 Å². The van der Waals surface area contributed by atoms with Gasteiger partial charge in [0.15, 0.2) is 0 Å². The molecule has 16 heavy (non-hydrogen) atoms. The van der Waals surface area contributed by atoms with Crippen molar-refractivity contribution in [3.05, 3.63) is 22.9 Å². The number of hydrogen-bond donors (Lipinski definition) is 2. The Kier molecular flexibility index (Phi) is 2.81. The minimum absolute atomic E-state index is 0.101. The molecular weight excluding hydrogens is 200 g/mol. The van der Waals surface area contributed by atoms with Crippen LogP contribution in [0.3, 0.4) is 0 Å². The average molecular weight is 218 g/mol. The molecule has 4 heteroatoms. The average Bonchev–Trinajstić information content (AvgIpc) is 2.27. The van der Waals surface area contributed by atoms with Gasteiger partial charge in [0.05, 0.1) is 5.56 Å². The quantitative estimate of drug-likeness (QED) is 0.581. The number of nitrogens with two attached hydrogens (primary N) is 1. The summed E-state index contributed by atoms with van der Waals surface area (Å²) < 4.78 is 0. The standard InChI is InChI=1S/C12H18N4/c1-16(2)12-9(11(13)14)7-8-5-3-4-6-10(8)15-12/h7H,3-6H2,1-2H3,(H3,13,14). The Morgan fingerprint density at radius 1 is 1.38 bits per heavy atom. The van der Waals surface area contributed by atoms with Crippen molar-refractivity contribution in [2.75, 3.05) is 19.0 Å². The first-order valence-corrected chi connectivity index (χ1v) is 5.64. The number of hydrogen-bond acceptors (Lipinski definition) is 3. The Morgan fingerprint density at radius 2 is 2.06 bits per heavy atom. The maximum Gasteiger partial charge on any atom is 0.139 e. The molecule has 1 aliphatic carbocycles. The first-order chi connectivity index (χ1) is 7.59. The van der Waals surface area contributed by atoms with Crippen molar-refractivity contribution in [3.63, 3.8) is 0 Å². The molecule has 0 saturated heterocycles. The lowest BCUT2D eigenvalue weighted by Gasteiger charge is -2.21. The molecule has 1 aliphatic rings. The summed E-state index contributed by atoms with van der Waals surface area (Å²) >= 11 is 0. The largest absolute Gasteiger partial charge is 0.384 e. The molecule has 0 saturated carbocycles. The molecule has 0 radical (unpaired) electrons. The SMILES string of the molecule is CN(C)c1nc2c(cc1C(=N)N)CCCC2. The van der Waals surface area contributed by atoms with Crippen molar-refractivity contribution >= 4 is 11.7 Å². The Morgan fingerprint density at radius 3 is 2.69 bits per heavy atom. The summed E-state index contributed by atoms with van der Waals surface area (Å²) in [5.41, 5.74) is 8.80.